The smallest absolute Gasteiger partial charge is 0.330 e. The van der Waals surface area contributed by atoms with Crippen molar-refractivity contribution < 1.29 is 9.53 Å². The molecule has 1 fully saturated rings. The Bertz CT molecular complexity index is 434. The molecule has 0 radical (unpaired) electrons. The Balaban J connectivity index is 2.05. The van der Waals surface area contributed by atoms with Crippen LogP contribution in [0.2, 0.25) is 0 Å². The molecule has 1 aliphatic rings. The van der Waals surface area contributed by atoms with E-state index in [4.69, 9.17) is 4.74 Å². The highest BCUT2D eigenvalue weighted by atomic mass is 16.5. The molecule has 0 aliphatic carbocycles. The highest BCUT2D eigenvalue weighted by Gasteiger charge is 2.11. The molecule has 1 heterocycles. The van der Waals surface area contributed by atoms with Crippen LogP contribution in [0.3, 0.4) is 0 Å². The third-order valence-electron chi connectivity index (χ3n) is 3.04. The van der Waals surface area contributed by atoms with Gasteiger partial charge in [-0.3, -0.25) is 0 Å². The van der Waals surface area contributed by atoms with Crippen LogP contribution in [0, 0.1) is 0 Å². The Morgan fingerprint density at radius 1 is 1.39 bits per heavy atom. The van der Waals surface area contributed by atoms with Crippen molar-refractivity contribution in [2.24, 2.45) is 0 Å². The van der Waals surface area contributed by atoms with E-state index in [1.165, 1.54) is 24.6 Å². The highest BCUT2D eigenvalue weighted by Crippen LogP contribution is 2.21. The predicted octanol–water partition coefficient (Wildman–Crippen LogP) is 2.86. The van der Waals surface area contributed by atoms with Crippen LogP contribution in [0.5, 0.6) is 0 Å². The molecule has 0 spiro atoms. The molecule has 0 N–H and O–H groups in total. The summed E-state index contributed by atoms with van der Waals surface area (Å²) < 4.78 is 4.86. The van der Waals surface area contributed by atoms with Gasteiger partial charge < -0.3 is 9.64 Å². The molecular weight excluding hydrogens is 226 g/mol. The monoisotopic (exact) mass is 245 g/mol. The molecule has 1 saturated heterocycles. The number of anilines is 1. The number of carbonyl (C=O) groups excluding carboxylic acids is 1. The third kappa shape index (κ3) is 3.36. The minimum absolute atomic E-state index is 0.288. The Morgan fingerprint density at radius 3 is 2.89 bits per heavy atom. The van der Waals surface area contributed by atoms with Gasteiger partial charge in [0, 0.05) is 24.9 Å². The van der Waals surface area contributed by atoms with Crippen LogP contribution in [-0.4, -0.2) is 25.7 Å². The van der Waals surface area contributed by atoms with Gasteiger partial charge in [0.15, 0.2) is 0 Å². The van der Waals surface area contributed by atoms with Gasteiger partial charge in [-0.25, -0.2) is 4.79 Å². The second kappa shape index (κ2) is 6.24. The number of carbonyl (C=O) groups is 1. The average Bonchev–Trinajstić information content (AvgIpc) is 2.91. The number of ether oxygens (including phenoxy) is 1. The van der Waals surface area contributed by atoms with Crippen molar-refractivity contribution in [2.75, 3.05) is 24.6 Å². The zero-order valence-corrected chi connectivity index (χ0v) is 10.8. The maximum absolute atomic E-state index is 11.2. The van der Waals surface area contributed by atoms with Gasteiger partial charge in [0.2, 0.25) is 0 Å². The lowest BCUT2D eigenvalue weighted by Crippen LogP contribution is -2.17. The summed E-state index contributed by atoms with van der Waals surface area (Å²) in [7, 11) is 0. The van der Waals surface area contributed by atoms with Gasteiger partial charge >= 0.3 is 5.97 Å². The molecule has 0 bridgehead atoms. The van der Waals surface area contributed by atoms with Crippen LogP contribution < -0.4 is 4.90 Å². The molecule has 18 heavy (non-hydrogen) atoms. The van der Waals surface area contributed by atoms with E-state index >= 15 is 0 Å². The molecule has 1 aliphatic heterocycles. The fraction of sp³-hybridized carbons (Fsp3) is 0.400. The van der Waals surface area contributed by atoms with E-state index in [0.717, 1.165) is 18.7 Å². The number of nitrogens with zero attached hydrogens (tertiary/aromatic N) is 1. The van der Waals surface area contributed by atoms with Gasteiger partial charge in [-0.2, -0.15) is 0 Å². The quantitative estimate of drug-likeness (QED) is 0.603. The average molecular weight is 245 g/mol. The maximum atomic E-state index is 11.2. The highest BCUT2D eigenvalue weighted by molar-refractivity contribution is 5.87. The van der Waals surface area contributed by atoms with Crippen molar-refractivity contribution in [3.63, 3.8) is 0 Å². The number of esters is 1. The molecule has 3 nitrogen and oxygen atoms in total. The molecule has 96 valence electrons. The van der Waals surface area contributed by atoms with Crippen molar-refractivity contribution in [1.29, 1.82) is 0 Å². The fourth-order valence-corrected chi connectivity index (χ4v) is 2.16. The van der Waals surface area contributed by atoms with E-state index in [0.29, 0.717) is 6.61 Å². The number of benzene rings is 1. The van der Waals surface area contributed by atoms with E-state index < -0.39 is 0 Å². The van der Waals surface area contributed by atoms with Gasteiger partial charge in [0.1, 0.15) is 0 Å². The van der Waals surface area contributed by atoms with Crippen molar-refractivity contribution >= 4 is 17.7 Å². The van der Waals surface area contributed by atoms with Crippen molar-refractivity contribution in [2.45, 2.75) is 19.8 Å². The lowest BCUT2D eigenvalue weighted by atomic mass is 10.2. The summed E-state index contributed by atoms with van der Waals surface area (Å²) in [6, 6.07) is 8.25. The number of rotatable bonds is 4. The third-order valence-corrected chi connectivity index (χ3v) is 3.04. The predicted molar refractivity (Wildman–Crippen MR) is 73.6 cm³/mol. The van der Waals surface area contributed by atoms with Gasteiger partial charge in [-0.05, 0) is 43.5 Å². The van der Waals surface area contributed by atoms with E-state index in [1.807, 2.05) is 12.1 Å². The Morgan fingerprint density at radius 2 is 2.17 bits per heavy atom. The first kappa shape index (κ1) is 12.7. The Labute approximate surface area is 108 Å². The Kier molecular flexibility index (Phi) is 4.40. The minimum atomic E-state index is -0.288. The fourth-order valence-electron chi connectivity index (χ4n) is 2.16. The second-order valence-electron chi connectivity index (χ2n) is 4.37. The van der Waals surface area contributed by atoms with E-state index in [9.17, 15) is 4.79 Å². The molecule has 0 amide bonds. The SMILES string of the molecule is CCOC(=O)C=Cc1cccc(N2CCCC2)c1. The number of hydrogen-bond acceptors (Lipinski definition) is 3. The standard InChI is InChI=1S/C15H19NO2/c1-2-18-15(17)9-8-13-6-5-7-14(12-13)16-10-3-4-11-16/h5-9,12H,2-4,10-11H2,1H3. The molecule has 1 aromatic carbocycles. The minimum Gasteiger partial charge on any atom is -0.463 e. The summed E-state index contributed by atoms with van der Waals surface area (Å²) in [6.45, 7) is 4.48. The first-order chi connectivity index (χ1) is 8.79. The van der Waals surface area contributed by atoms with Crippen LogP contribution in [0.1, 0.15) is 25.3 Å². The zero-order valence-electron chi connectivity index (χ0n) is 10.8. The summed E-state index contributed by atoms with van der Waals surface area (Å²) in [4.78, 5) is 13.6. The number of hydrogen-bond donors (Lipinski definition) is 0. The summed E-state index contributed by atoms with van der Waals surface area (Å²) in [5.41, 5.74) is 2.27. The van der Waals surface area contributed by atoms with E-state index in [1.54, 1.807) is 13.0 Å². The topological polar surface area (TPSA) is 29.5 Å². The van der Waals surface area contributed by atoms with Crippen molar-refractivity contribution in [3.8, 4) is 0 Å². The van der Waals surface area contributed by atoms with Crippen LogP contribution in [-0.2, 0) is 9.53 Å². The van der Waals surface area contributed by atoms with Crippen molar-refractivity contribution in [1.82, 2.24) is 0 Å². The molecule has 3 heteroatoms. The molecule has 0 saturated carbocycles. The molecule has 1 aromatic rings. The van der Waals surface area contributed by atoms with Crippen molar-refractivity contribution in [3.05, 3.63) is 35.9 Å². The molecule has 2 rings (SSSR count). The largest absolute Gasteiger partial charge is 0.463 e. The second-order valence-corrected chi connectivity index (χ2v) is 4.37. The Hall–Kier alpha value is -1.77. The van der Waals surface area contributed by atoms with Gasteiger partial charge in [0.05, 0.1) is 6.61 Å². The molecule has 0 aromatic heterocycles. The first-order valence-corrected chi connectivity index (χ1v) is 6.49. The zero-order chi connectivity index (χ0) is 12.8. The van der Waals surface area contributed by atoms with Crippen LogP contribution in [0.15, 0.2) is 30.3 Å². The van der Waals surface area contributed by atoms with E-state index in [-0.39, 0.29) is 5.97 Å². The summed E-state index contributed by atoms with van der Waals surface area (Å²) in [5, 5.41) is 0. The summed E-state index contributed by atoms with van der Waals surface area (Å²) in [6.07, 6.45) is 5.82. The lowest BCUT2D eigenvalue weighted by Gasteiger charge is -2.17. The molecule has 0 unspecified atom stereocenters. The first-order valence-electron chi connectivity index (χ1n) is 6.49. The summed E-state index contributed by atoms with van der Waals surface area (Å²) >= 11 is 0. The lowest BCUT2D eigenvalue weighted by molar-refractivity contribution is -0.137. The van der Waals surface area contributed by atoms with E-state index in [2.05, 4.69) is 17.0 Å². The van der Waals surface area contributed by atoms with Gasteiger partial charge in [0.25, 0.3) is 0 Å². The summed E-state index contributed by atoms with van der Waals surface area (Å²) in [5.74, 6) is -0.288. The van der Waals surface area contributed by atoms with Crippen LogP contribution >= 0.6 is 0 Å². The van der Waals surface area contributed by atoms with Crippen LogP contribution in [0.4, 0.5) is 5.69 Å². The molecule has 0 atom stereocenters. The molecular formula is C15H19NO2. The maximum Gasteiger partial charge on any atom is 0.330 e. The normalized spacial score (nSPS) is 15.3. The van der Waals surface area contributed by atoms with Gasteiger partial charge in [-0.15, -0.1) is 0 Å². The van der Waals surface area contributed by atoms with Crippen LogP contribution in [0.25, 0.3) is 6.08 Å². The van der Waals surface area contributed by atoms with Gasteiger partial charge in [-0.1, -0.05) is 12.1 Å².